The Morgan fingerprint density at radius 2 is 2.39 bits per heavy atom. The molecule has 5 heteroatoms. The highest BCUT2D eigenvalue weighted by Crippen LogP contribution is 2.20. The number of likely N-dealkylation sites (tertiary alicyclic amines) is 1. The summed E-state index contributed by atoms with van der Waals surface area (Å²) in [6.45, 7) is 1.72. The standard InChI is InChI=1S/C13H20FN3O/c1-17-7-3-2-4-11(17)9-18-13-12(14)10(8-15)5-6-16-13/h5-6,11H,2-4,7-9,15H2,1H3. The van der Waals surface area contributed by atoms with E-state index in [4.69, 9.17) is 10.5 Å². The van der Waals surface area contributed by atoms with Gasteiger partial charge in [0.1, 0.15) is 6.61 Å². The van der Waals surface area contributed by atoms with Crippen LogP contribution in [0, 0.1) is 5.82 Å². The number of nitrogens with two attached hydrogens (primary N) is 1. The number of pyridine rings is 1. The summed E-state index contributed by atoms with van der Waals surface area (Å²) in [5, 5.41) is 0. The molecule has 1 aliphatic heterocycles. The Hall–Kier alpha value is -1.20. The van der Waals surface area contributed by atoms with Crippen LogP contribution in [0.2, 0.25) is 0 Å². The molecule has 0 aromatic carbocycles. The quantitative estimate of drug-likeness (QED) is 0.884. The van der Waals surface area contributed by atoms with E-state index in [0.717, 1.165) is 13.0 Å². The van der Waals surface area contributed by atoms with Crippen LogP contribution >= 0.6 is 0 Å². The number of hydrogen-bond donors (Lipinski definition) is 1. The van der Waals surface area contributed by atoms with E-state index in [-0.39, 0.29) is 12.4 Å². The van der Waals surface area contributed by atoms with E-state index in [0.29, 0.717) is 18.2 Å². The average molecular weight is 253 g/mol. The molecule has 2 N–H and O–H groups in total. The van der Waals surface area contributed by atoms with E-state index >= 15 is 0 Å². The van der Waals surface area contributed by atoms with Gasteiger partial charge in [0, 0.05) is 24.3 Å². The second-order valence-corrected chi connectivity index (χ2v) is 4.73. The Morgan fingerprint density at radius 1 is 1.56 bits per heavy atom. The lowest BCUT2D eigenvalue weighted by molar-refractivity contribution is 0.120. The van der Waals surface area contributed by atoms with Crippen LogP contribution in [0.15, 0.2) is 12.3 Å². The van der Waals surface area contributed by atoms with Gasteiger partial charge in [0.2, 0.25) is 0 Å². The highest BCUT2D eigenvalue weighted by Gasteiger charge is 2.20. The zero-order chi connectivity index (χ0) is 13.0. The minimum absolute atomic E-state index is 0.0666. The second-order valence-electron chi connectivity index (χ2n) is 4.73. The van der Waals surface area contributed by atoms with Gasteiger partial charge in [0.25, 0.3) is 5.88 Å². The predicted molar refractivity (Wildman–Crippen MR) is 67.9 cm³/mol. The molecule has 18 heavy (non-hydrogen) atoms. The Balaban J connectivity index is 1.97. The zero-order valence-corrected chi connectivity index (χ0v) is 10.7. The normalized spacial score (nSPS) is 20.9. The molecular weight excluding hydrogens is 233 g/mol. The van der Waals surface area contributed by atoms with Crippen molar-refractivity contribution < 1.29 is 9.13 Å². The van der Waals surface area contributed by atoms with Gasteiger partial charge in [-0.2, -0.15) is 0 Å². The molecule has 1 aromatic heterocycles. The van der Waals surface area contributed by atoms with Gasteiger partial charge in [-0.25, -0.2) is 9.37 Å². The summed E-state index contributed by atoms with van der Waals surface area (Å²) < 4.78 is 19.3. The number of halogens is 1. The largest absolute Gasteiger partial charge is 0.474 e. The molecule has 100 valence electrons. The zero-order valence-electron chi connectivity index (χ0n) is 10.7. The van der Waals surface area contributed by atoms with Gasteiger partial charge in [-0.05, 0) is 32.5 Å². The Bertz CT molecular complexity index is 400. The lowest BCUT2D eigenvalue weighted by atomic mass is 10.0. The maximum atomic E-state index is 13.8. The van der Waals surface area contributed by atoms with Gasteiger partial charge in [-0.1, -0.05) is 6.42 Å². The van der Waals surface area contributed by atoms with Gasteiger partial charge >= 0.3 is 0 Å². The van der Waals surface area contributed by atoms with Crippen molar-refractivity contribution in [3.8, 4) is 5.88 Å². The first-order valence-corrected chi connectivity index (χ1v) is 6.39. The SMILES string of the molecule is CN1CCCCC1COc1nccc(CN)c1F. The molecule has 1 aliphatic rings. The van der Waals surface area contributed by atoms with Gasteiger partial charge in [-0.15, -0.1) is 0 Å². The van der Waals surface area contributed by atoms with Gasteiger partial charge in [0.05, 0.1) is 0 Å². The number of piperidine rings is 1. The van der Waals surface area contributed by atoms with Gasteiger partial charge in [0.15, 0.2) is 5.82 Å². The van der Waals surface area contributed by atoms with E-state index in [2.05, 4.69) is 16.9 Å². The monoisotopic (exact) mass is 253 g/mol. The summed E-state index contributed by atoms with van der Waals surface area (Å²) in [6.07, 6.45) is 5.05. The highest BCUT2D eigenvalue weighted by atomic mass is 19.1. The van der Waals surface area contributed by atoms with Crippen molar-refractivity contribution in [1.29, 1.82) is 0 Å². The van der Waals surface area contributed by atoms with Crippen molar-refractivity contribution in [3.63, 3.8) is 0 Å². The van der Waals surface area contributed by atoms with E-state index < -0.39 is 5.82 Å². The Kier molecular flexibility index (Phi) is 4.49. The van der Waals surface area contributed by atoms with Crippen molar-refractivity contribution >= 4 is 0 Å². The summed E-state index contributed by atoms with van der Waals surface area (Å²) in [7, 11) is 2.08. The molecular formula is C13H20FN3O. The maximum Gasteiger partial charge on any atom is 0.250 e. The van der Waals surface area contributed by atoms with Gasteiger partial charge in [-0.3, -0.25) is 0 Å². The molecule has 2 rings (SSSR count). The molecule has 0 aliphatic carbocycles. The van der Waals surface area contributed by atoms with E-state index in [1.54, 1.807) is 6.07 Å². The smallest absolute Gasteiger partial charge is 0.250 e. The molecule has 1 aromatic rings. The molecule has 0 radical (unpaired) electrons. The highest BCUT2D eigenvalue weighted by molar-refractivity contribution is 5.23. The maximum absolute atomic E-state index is 13.8. The fraction of sp³-hybridized carbons (Fsp3) is 0.615. The topological polar surface area (TPSA) is 51.4 Å². The molecule has 1 saturated heterocycles. The minimum atomic E-state index is -0.432. The van der Waals surface area contributed by atoms with Crippen LogP contribution < -0.4 is 10.5 Å². The fourth-order valence-electron chi connectivity index (χ4n) is 2.25. The van der Waals surface area contributed by atoms with Gasteiger partial charge < -0.3 is 15.4 Å². The summed E-state index contributed by atoms with van der Waals surface area (Å²) in [4.78, 5) is 6.18. The van der Waals surface area contributed by atoms with Crippen LogP contribution in [0.4, 0.5) is 4.39 Å². The third kappa shape index (κ3) is 2.97. The Morgan fingerprint density at radius 3 is 3.11 bits per heavy atom. The molecule has 1 fully saturated rings. The van der Waals surface area contributed by atoms with Crippen LogP contribution in [-0.4, -0.2) is 36.1 Å². The third-order valence-electron chi connectivity index (χ3n) is 3.49. The fourth-order valence-corrected chi connectivity index (χ4v) is 2.25. The lowest BCUT2D eigenvalue weighted by Crippen LogP contribution is -2.40. The molecule has 0 saturated carbocycles. The summed E-state index contributed by atoms with van der Waals surface area (Å²) in [6, 6.07) is 1.93. The predicted octanol–water partition coefficient (Wildman–Crippen LogP) is 1.54. The molecule has 2 heterocycles. The van der Waals surface area contributed by atoms with Crippen LogP contribution in [0.25, 0.3) is 0 Å². The Labute approximate surface area is 107 Å². The molecule has 0 amide bonds. The van der Waals surface area contributed by atoms with Crippen molar-refractivity contribution in [2.45, 2.75) is 31.8 Å². The molecule has 1 unspecified atom stereocenters. The molecule has 4 nitrogen and oxygen atoms in total. The van der Waals surface area contributed by atoms with Crippen molar-refractivity contribution in [3.05, 3.63) is 23.6 Å². The van der Waals surface area contributed by atoms with E-state index in [1.807, 2.05) is 0 Å². The van der Waals surface area contributed by atoms with Crippen LogP contribution in [-0.2, 0) is 6.54 Å². The van der Waals surface area contributed by atoms with Crippen molar-refractivity contribution in [2.24, 2.45) is 5.73 Å². The van der Waals surface area contributed by atoms with Crippen LogP contribution in [0.3, 0.4) is 0 Å². The van der Waals surface area contributed by atoms with E-state index in [9.17, 15) is 4.39 Å². The number of nitrogens with zero attached hydrogens (tertiary/aromatic N) is 2. The molecule has 0 spiro atoms. The summed E-state index contributed by atoms with van der Waals surface area (Å²) in [5.74, 6) is -0.365. The third-order valence-corrected chi connectivity index (χ3v) is 3.49. The average Bonchev–Trinajstić information content (AvgIpc) is 2.39. The van der Waals surface area contributed by atoms with E-state index in [1.165, 1.54) is 19.0 Å². The number of hydrogen-bond acceptors (Lipinski definition) is 4. The first-order chi connectivity index (χ1) is 8.72. The number of ether oxygens (including phenoxy) is 1. The van der Waals surface area contributed by atoms with Crippen LogP contribution in [0.1, 0.15) is 24.8 Å². The van der Waals surface area contributed by atoms with Crippen molar-refractivity contribution in [2.75, 3.05) is 20.2 Å². The first kappa shape index (κ1) is 13.2. The number of rotatable bonds is 4. The lowest BCUT2D eigenvalue weighted by Gasteiger charge is -2.32. The summed E-state index contributed by atoms with van der Waals surface area (Å²) in [5.41, 5.74) is 5.89. The minimum Gasteiger partial charge on any atom is -0.474 e. The number of likely N-dealkylation sites (N-methyl/N-ethyl adjacent to an activating group) is 1. The molecule has 1 atom stereocenters. The van der Waals surface area contributed by atoms with Crippen molar-refractivity contribution in [1.82, 2.24) is 9.88 Å². The second kappa shape index (κ2) is 6.11. The van der Waals surface area contributed by atoms with Crippen LogP contribution in [0.5, 0.6) is 5.88 Å². The molecule has 0 bridgehead atoms. The number of aromatic nitrogens is 1. The summed E-state index contributed by atoms with van der Waals surface area (Å²) >= 11 is 0. The first-order valence-electron chi connectivity index (χ1n) is 6.39.